The smallest absolute Gasteiger partial charge is 0.269 e. The number of amides is 1. The topological polar surface area (TPSA) is 185 Å². The number of hydrogen-bond acceptors (Lipinski definition) is 12. The first-order valence-electron chi connectivity index (χ1n) is 17.7. The van der Waals surface area contributed by atoms with Crippen LogP contribution in [0.2, 0.25) is 0 Å². The number of aromatic nitrogens is 3. The van der Waals surface area contributed by atoms with E-state index in [-0.39, 0.29) is 38.9 Å². The van der Waals surface area contributed by atoms with E-state index >= 15 is 0 Å². The average Bonchev–Trinajstić information content (AvgIpc) is 3.60. The van der Waals surface area contributed by atoms with Gasteiger partial charge in [0, 0.05) is 63.3 Å². The first-order valence-corrected chi connectivity index (χ1v) is 21.0. The molecule has 3 aromatic carbocycles. The lowest BCUT2D eigenvalue weighted by atomic mass is 10.0. The normalized spacial score (nSPS) is 16.3. The molecule has 0 saturated carbocycles. The summed E-state index contributed by atoms with van der Waals surface area (Å²) in [7, 11) is -5.77. The molecular weight excluding hydrogens is 750 g/mol. The van der Waals surface area contributed by atoms with Gasteiger partial charge in [-0.05, 0) is 62.2 Å². The van der Waals surface area contributed by atoms with Gasteiger partial charge in [-0.3, -0.25) is 9.69 Å². The molecule has 0 spiro atoms. The number of carbonyl (C=O) groups excluding carboxylic acids is 1. The van der Waals surface area contributed by atoms with Crippen LogP contribution in [-0.2, 0) is 20.0 Å². The second-order valence-electron chi connectivity index (χ2n) is 13.6. The molecule has 2 saturated heterocycles. The second-order valence-corrected chi connectivity index (χ2v) is 17.4. The van der Waals surface area contributed by atoms with E-state index in [0.717, 1.165) is 47.2 Å². The number of benzene rings is 3. The predicted octanol–water partition coefficient (Wildman–Crippen LogP) is 4.26. The Morgan fingerprint density at radius 2 is 1.60 bits per heavy atom. The maximum Gasteiger partial charge on any atom is 0.269 e. The van der Waals surface area contributed by atoms with E-state index in [9.17, 15) is 26.0 Å². The van der Waals surface area contributed by atoms with Gasteiger partial charge in [0.2, 0.25) is 16.0 Å². The summed E-state index contributed by atoms with van der Waals surface area (Å²) in [6.45, 7) is 5.92. The minimum atomic E-state index is -4.12. The van der Waals surface area contributed by atoms with E-state index in [2.05, 4.69) is 30.4 Å². The molecule has 2 fully saturated rings. The molecule has 7 rings (SSSR count). The van der Waals surface area contributed by atoms with Crippen LogP contribution in [0.25, 0.3) is 11.0 Å². The molecule has 4 N–H and O–H groups in total. The summed E-state index contributed by atoms with van der Waals surface area (Å²) in [6.07, 6.45) is 4.47. The van der Waals surface area contributed by atoms with Crippen molar-refractivity contribution in [1.29, 1.82) is 0 Å². The molecule has 2 aliphatic heterocycles. The minimum Gasteiger partial charge on any atom is -0.494 e. The molecule has 0 aliphatic carbocycles. The van der Waals surface area contributed by atoms with E-state index in [4.69, 9.17) is 10.5 Å². The fourth-order valence-corrected chi connectivity index (χ4v) is 9.28. The fraction of sp³-hybridized carbons (Fsp3) is 0.324. The summed E-state index contributed by atoms with van der Waals surface area (Å²) in [4.78, 5) is 26.2. The summed E-state index contributed by atoms with van der Waals surface area (Å²) in [6, 6.07) is 18.0. The van der Waals surface area contributed by atoms with Crippen LogP contribution in [0.1, 0.15) is 28.8 Å². The number of aryl methyl sites for hydroxylation is 1. The van der Waals surface area contributed by atoms with Crippen molar-refractivity contribution < 1.29 is 30.8 Å². The fourth-order valence-electron chi connectivity index (χ4n) is 7.16. The highest BCUT2D eigenvalue weighted by Gasteiger charge is 2.30. The van der Waals surface area contributed by atoms with Crippen LogP contribution in [0.4, 0.5) is 33.2 Å². The van der Waals surface area contributed by atoms with Crippen molar-refractivity contribution in [2.24, 2.45) is 5.73 Å². The SMILES string of the molecule is COc1cc(N2CCC(N3CCN(S(C)(=O)=O)CC3)CC2)ccc1Nc1nc(Nc2cccc(F)c2C(N)=O)c2ccn(S(=O)(=O)c3ccc(C)cc3)c2n1. The number of sulfonamides is 1. The van der Waals surface area contributed by atoms with Crippen LogP contribution < -0.4 is 26.0 Å². The number of nitrogens with two attached hydrogens (primary N) is 1. The largest absolute Gasteiger partial charge is 0.494 e. The van der Waals surface area contributed by atoms with Crippen molar-refractivity contribution in [3.63, 3.8) is 0 Å². The second kappa shape index (κ2) is 15.1. The van der Waals surface area contributed by atoms with Crippen LogP contribution in [0.15, 0.2) is 77.8 Å². The molecule has 55 heavy (non-hydrogen) atoms. The zero-order valence-corrected chi connectivity index (χ0v) is 32.2. The molecule has 5 aromatic rings. The maximum atomic E-state index is 14.8. The molecule has 18 heteroatoms. The molecule has 2 aliphatic rings. The third-order valence-corrected chi connectivity index (χ3v) is 13.1. The van der Waals surface area contributed by atoms with Gasteiger partial charge >= 0.3 is 0 Å². The number of piperidine rings is 1. The quantitative estimate of drug-likeness (QED) is 0.173. The highest BCUT2D eigenvalue weighted by molar-refractivity contribution is 7.90. The van der Waals surface area contributed by atoms with Crippen LogP contribution in [0.3, 0.4) is 0 Å². The summed E-state index contributed by atoms with van der Waals surface area (Å²) in [5.41, 5.74) is 7.53. The van der Waals surface area contributed by atoms with Gasteiger partial charge in [-0.15, -0.1) is 0 Å². The Kier molecular flexibility index (Phi) is 10.4. The molecule has 1 amide bonds. The van der Waals surface area contributed by atoms with Crippen LogP contribution >= 0.6 is 0 Å². The van der Waals surface area contributed by atoms with E-state index < -0.39 is 31.8 Å². The van der Waals surface area contributed by atoms with Crippen molar-refractivity contribution in [2.45, 2.75) is 30.7 Å². The summed E-state index contributed by atoms with van der Waals surface area (Å²) in [5, 5.41) is 6.43. The highest BCUT2D eigenvalue weighted by Crippen LogP contribution is 2.36. The Labute approximate surface area is 319 Å². The first kappa shape index (κ1) is 38.0. The number of nitrogens with zero attached hydrogens (tertiary/aromatic N) is 6. The van der Waals surface area contributed by atoms with Crippen molar-refractivity contribution in [3.05, 3.63) is 89.9 Å². The number of hydrogen-bond donors (Lipinski definition) is 3. The first-order chi connectivity index (χ1) is 26.2. The summed E-state index contributed by atoms with van der Waals surface area (Å²) in [5.74, 6) is -1.26. The molecule has 15 nitrogen and oxygen atoms in total. The number of nitrogens with one attached hydrogen (secondary N) is 2. The molecule has 0 unspecified atom stereocenters. The van der Waals surface area contributed by atoms with Crippen LogP contribution in [0, 0.1) is 12.7 Å². The Balaban J connectivity index is 1.17. The molecule has 0 bridgehead atoms. The Morgan fingerprint density at radius 1 is 0.891 bits per heavy atom. The summed E-state index contributed by atoms with van der Waals surface area (Å²) < 4.78 is 74.8. The number of piperazine rings is 1. The van der Waals surface area contributed by atoms with Crippen molar-refractivity contribution in [3.8, 4) is 5.75 Å². The number of anilines is 5. The zero-order valence-electron chi connectivity index (χ0n) is 30.6. The zero-order chi connectivity index (χ0) is 39.1. The standard InChI is InChI=1S/C37H42FN9O6S2/c1-24-7-10-27(11-8-24)55(51,52)47-18-15-28-35(40-31-6-4-5-29(38)33(31)34(39)48)42-37(43-36(28)47)41-30-12-9-26(23-32(30)53-2)44-16-13-25(14-17-44)45-19-21-46(22-20-45)54(3,49)50/h4-12,15,18,23,25H,13-14,16-17,19-22H2,1-3H3,(H2,39,48)(H2,40,41,42,43). The number of halogens is 1. The van der Waals surface area contributed by atoms with Gasteiger partial charge in [0.25, 0.3) is 15.9 Å². The molecular formula is C37H42FN9O6S2. The van der Waals surface area contributed by atoms with Gasteiger partial charge in [0.05, 0.1) is 40.6 Å². The number of ether oxygens (including phenoxy) is 1. The Bertz CT molecular complexity index is 2460. The third kappa shape index (κ3) is 7.80. The summed E-state index contributed by atoms with van der Waals surface area (Å²) >= 11 is 0. The van der Waals surface area contributed by atoms with Crippen molar-refractivity contribution >= 4 is 65.8 Å². The van der Waals surface area contributed by atoms with Gasteiger partial charge in [-0.25, -0.2) is 25.2 Å². The van der Waals surface area contributed by atoms with Gasteiger partial charge in [-0.1, -0.05) is 23.8 Å². The molecule has 0 radical (unpaired) electrons. The van der Waals surface area contributed by atoms with Crippen molar-refractivity contribution in [1.82, 2.24) is 23.1 Å². The monoisotopic (exact) mass is 791 g/mol. The van der Waals surface area contributed by atoms with Gasteiger partial charge in [0.15, 0.2) is 5.65 Å². The number of fused-ring (bicyclic) bond motifs is 1. The lowest BCUT2D eigenvalue weighted by Crippen LogP contribution is -2.54. The average molecular weight is 792 g/mol. The van der Waals surface area contributed by atoms with E-state index in [1.165, 1.54) is 54.2 Å². The van der Waals surface area contributed by atoms with Gasteiger partial charge in [0.1, 0.15) is 17.4 Å². The van der Waals surface area contributed by atoms with Gasteiger partial charge in [-0.2, -0.15) is 14.3 Å². The number of primary amides is 1. The number of methoxy groups -OCH3 is 1. The molecule has 4 heterocycles. The van der Waals surface area contributed by atoms with E-state index in [1.54, 1.807) is 12.1 Å². The lowest BCUT2D eigenvalue weighted by Gasteiger charge is -2.42. The predicted molar refractivity (Wildman–Crippen MR) is 209 cm³/mol. The van der Waals surface area contributed by atoms with Crippen LogP contribution in [0.5, 0.6) is 5.75 Å². The maximum absolute atomic E-state index is 14.8. The Morgan fingerprint density at radius 3 is 2.25 bits per heavy atom. The lowest BCUT2D eigenvalue weighted by molar-refractivity contribution is 0.0997. The highest BCUT2D eigenvalue weighted by atomic mass is 32.2. The molecule has 290 valence electrons. The van der Waals surface area contributed by atoms with E-state index in [0.29, 0.717) is 43.7 Å². The van der Waals surface area contributed by atoms with Gasteiger partial charge < -0.3 is 26.0 Å². The molecule has 2 aromatic heterocycles. The Hall–Kier alpha value is -5.30. The van der Waals surface area contributed by atoms with E-state index in [1.807, 2.05) is 25.1 Å². The van der Waals surface area contributed by atoms with Crippen LogP contribution in [-0.4, -0.2) is 105 Å². The number of rotatable bonds is 11. The molecule has 0 atom stereocenters. The number of carbonyl (C=O) groups is 1. The minimum absolute atomic E-state index is 0.00563. The van der Waals surface area contributed by atoms with Crippen molar-refractivity contribution in [2.75, 3.05) is 68.2 Å². The third-order valence-electron chi connectivity index (χ3n) is 10.1.